The Balaban J connectivity index is 1.28. The van der Waals surface area contributed by atoms with Crippen LogP contribution in [0.5, 0.6) is 11.5 Å². The van der Waals surface area contributed by atoms with Gasteiger partial charge in [-0.2, -0.15) is 5.10 Å². The van der Waals surface area contributed by atoms with Crippen LogP contribution in [0.3, 0.4) is 0 Å². The van der Waals surface area contributed by atoms with E-state index in [4.69, 9.17) is 14.2 Å². The van der Waals surface area contributed by atoms with E-state index in [1.165, 1.54) is 19.2 Å². The number of para-hydroxylation sites is 1. The Hall–Kier alpha value is -5.36. The monoisotopic (exact) mass is 629 g/mol. The normalized spacial score (nSPS) is 15.4. The van der Waals surface area contributed by atoms with Gasteiger partial charge in [0.1, 0.15) is 12.4 Å². The summed E-state index contributed by atoms with van der Waals surface area (Å²) in [6.07, 6.45) is 0.503. The molecule has 0 spiro atoms. The van der Waals surface area contributed by atoms with Crippen molar-refractivity contribution in [3.63, 3.8) is 0 Å². The molecule has 0 saturated carbocycles. The number of fused-ring (bicyclic) bond motifs is 1. The third-order valence-electron chi connectivity index (χ3n) is 7.62. The van der Waals surface area contributed by atoms with Gasteiger partial charge in [-0.15, -0.1) is 0 Å². The molecule has 0 aliphatic carbocycles. The number of rotatable bonds is 12. The summed E-state index contributed by atoms with van der Waals surface area (Å²) < 4.78 is 32.1. The van der Waals surface area contributed by atoms with E-state index in [2.05, 4.69) is 25.7 Å². The number of allylic oxidation sites excluding steroid dienone is 1. The lowest BCUT2D eigenvalue weighted by molar-refractivity contribution is -0.136. The van der Waals surface area contributed by atoms with Gasteiger partial charge in [0.15, 0.2) is 17.7 Å². The number of urea groups is 1. The molecule has 2 heterocycles. The summed E-state index contributed by atoms with van der Waals surface area (Å²) in [5.41, 5.74) is 7.77. The SMILES string of the molecule is CCOc1cc([C@H]2NC(=O)NC(C)=C2C(=O)OC)ccc1OC[C@H](O)N/N=C/c1c(C)n(Cc2ccc(F)cc2)c2ccccc12. The number of halogens is 1. The Morgan fingerprint density at radius 3 is 2.61 bits per heavy atom. The molecule has 2 amide bonds. The number of esters is 1. The minimum absolute atomic E-state index is 0.154. The molecule has 0 unspecified atom stereocenters. The summed E-state index contributed by atoms with van der Waals surface area (Å²) in [6.45, 7) is 6.17. The molecule has 12 heteroatoms. The van der Waals surface area contributed by atoms with E-state index >= 15 is 0 Å². The Morgan fingerprint density at radius 1 is 1.11 bits per heavy atom. The zero-order valence-electron chi connectivity index (χ0n) is 26.0. The zero-order valence-corrected chi connectivity index (χ0v) is 26.0. The number of hydrogen-bond donors (Lipinski definition) is 4. The maximum Gasteiger partial charge on any atom is 0.337 e. The highest BCUT2D eigenvalue weighted by Crippen LogP contribution is 2.35. The average Bonchev–Trinajstić information content (AvgIpc) is 3.30. The molecule has 46 heavy (non-hydrogen) atoms. The maximum absolute atomic E-state index is 13.4. The van der Waals surface area contributed by atoms with Crippen LogP contribution in [0, 0.1) is 12.7 Å². The number of aromatic nitrogens is 1. The second kappa shape index (κ2) is 14.2. The lowest BCUT2D eigenvalue weighted by Crippen LogP contribution is -2.45. The quantitative estimate of drug-likeness (QED) is 0.0775. The van der Waals surface area contributed by atoms with Crippen molar-refractivity contribution in [2.45, 2.75) is 39.6 Å². The van der Waals surface area contributed by atoms with E-state index in [0.717, 1.165) is 27.7 Å². The first-order chi connectivity index (χ1) is 22.2. The summed E-state index contributed by atoms with van der Waals surface area (Å²) in [5.74, 6) is -0.124. The number of hydrogen-bond acceptors (Lipinski definition) is 8. The van der Waals surface area contributed by atoms with E-state index in [1.54, 1.807) is 43.5 Å². The number of nitrogens with zero attached hydrogens (tertiary/aromatic N) is 2. The van der Waals surface area contributed by atoms with Crippen molar-refractivity contribution in [3.05, 3.63) is 106 Å². The summed E-state index contributed by atoms with van der Waals surface area (Å²) >= 11 is 0. The molecule has 11 nitrogen and oxygen atoms in total. The van der Waals surface area contributed by atoms with Gasteiger partial charge in [-0.25, -0.2) is 14.0 Å². The van der Waals surface area contributed by atoms with Crippen LogP contribution >= 0.6 is 0 Å². The number of nitrogens with one attached hydrogen (secondary N) is 3. The number of methoxy groups -OCH3 is 1. The minimum Gasteiger partial charge on any atom is -0.490 e. The van der Waals surface area contributed by atoms with Gasteiger partial charge >= 0.3 is 12.0 Å². The number of amides is 2. The molecule has 3 aromatic carbocycles. The summed E-state index contributed by atoms with van der Waals surface area (Å²) in [5, 5.41) is 21.2. The molecule has 0 bridgehead atoms. The van der Waals surface area contributed by atoms with Gasteiger partial charge in [0, 0.05) is 34.4 Å². The van der Waals surface area contributed by atoms with Crippen molar-refractivity contribution >= 4 is 29.1 Å². The second-order valence-electron chi connectivity index (χ2n) is 10.6. The number of hydrazone groups is 1. The average molecular weight is 630 g/mol. The highest BCUT2D eigenvalue weighted by molar-refractivity contribution is 6.01. The Bertz CT molecular complexity index is 1800. The number of aliphatic hydroxyl groups excluding tert-OH is 1. The summed E-state index contributed by atoms with van der Waals surface area (Å²) in [7, 11) is 1.28. The zero-order chi connectivity index (χ0) is 32.8. The number of carbonyl (C=O) groups is 2. The molecular weight excluding hydrogens is 593 g/mol. The summed E-state index contributed by atoms with van der Waals surface area (Å²) in [6, 6.07) is 18.2. The van der Waals surface area contributed by atoms with Crippen LogP contribution in [0.4, 0.5) is 9.18 Å². The Morgan fingerprint density at radius 2 is 1.87 bits per heavy atom. The number of aliphatic hydroxyl groups is 1. The van der Waals surface area contributed by atoms with Crippen LogP contribution in [0.2, 0.25) is 0 Å². The van der Waals surface area contributed by atoms with Crippen LogP contribution in [0.25, 0.3) is 10.9 Å². The van der Waals surface area contributed by atoms with Gasteiger partial charge in [0.25, 0.3) is 0 Å². The van der Waals surface area contributed by atoms with Gasteiger partial charge in [-0.3, -0.25) is 5.43 Å². The lowest BCUT2D eigenvalue weighted by Gasteiger charge is -2.28. The van der Waals surface area contributed by atoms with Crippen LogP contribution in [-0.4, -0.2) is 54.4 Å². The Kier molecular flexibility index (Phi) is 9.87. The molecule has 5 rings (SSSR count). The molecule has 2 atom stereocenters. The molecule has 0 radical (unpaired) electrons. The van der Waals surface area contributed by atoms with E-state index in [0.29, 0.717) is 35.9 Å². The molecule has 4 aromatic rings. The van der Waals surface area contributed by atoms with Crippen molar-refractivity contribution in [1.29, 1.82) is 0 Å². The molecule has 1 aromatic heterocycles. The minimum atomic E-state index is -1.15. The van der Waals surface area contributed by atoms with Gasteiger partial charge in [-0.1, -0.05) is 36.4 Å². The van der Waals surface area contributed by atoms with Gasteiger partial charge in [-0.05, 0) is 62.2 Å². The first-order valence-corrected chi connectivity index (χ1v) is 14.7. The second-order valence-corrected chi connectivity index (χ2v) is 10.6. The fraction of sp³-hybridized carbons (Fsp3) is 0.265. The van der Waals surface area contributed by atoms with Crippen molar-refractivity contribution in [2.75, 3.05) is 20.3 Å². The smallest absolute Gasteiger partial charge is 0.337 e. The largest absolute Gasteiger partial charge is 0.490 e. The van der Waals surface area contributed by atoms with Crippen LogP contribution in [0.15, 0.2) is 83.1 Å². The maximum atomic E-state index is 13.4. The lowest BCUT2D eigenvalue weighted by atomic mass is 9.95. The predicted octanol–water partition coefficient (Wildman–Crippen LogP) is 4.66. The first kappa shape index (κ1) is 32.0. The fourth-order valence-electron chi connectivity index (χ4n) is 5.41. The highest BCUT2D eigenvalue weighted by Gasteiger charge is 2.32. The highest BCUT2D eigenvalue weighted by atomic mass is 19.1. The molecule has 4 N–H and O–H groups in total. The van der Waals surface area contributed by atoms with E-state index in [-0.39, 0.29) is 18.0 Å². The number of ether oxygens (including phenoxy) is 3. The topological polar surface area (TPSA) is 135 Å². The van der Waals surface area contributed by atoms with E-state index < -0.39 is 24.3 Å². The van der Waals surface area contributed by atoms with Gasteiger partial charge in [0.2, 0.25) is 0 Å². The van der Waals surface area contributed by atoms with Crippen molar-refractivity contribution in [1.82, 2.24) is 20.6 Å². The van der Waals surface area contributed by atoms with Crippen LogP contribution in [-0.2, 0) is 16.1 Å². The third kappa shape index (κ3) is 6.97. The van der Waals surface area contributed by atoms with Crippen molar-refractivity contribution in [3.8, 4) is 11.5 Å². The molecule has 0 saturated heterocycles. The van der Waals surface area contributed by atoms with Crippen molar-refractivity contribution < 1.29 is 33.3 Å². The third-order valence-corrected chi connectivity index (χ3v) is 7.62. The molecule has 1 aliphatic rings. The van der Waals surface area contributed by atoms with Crippen LogP contribution in [0.1, 0.15) is 42.3 Å². The van der Waals surface area contributed by atoms with E-state index in [9.17, 15) is 19.1 Å². The van der Waals surface area contributed by atoms with Gasteiger partial charge < -0.3 is 34.5 Å². The van der Waals surface area contributed by atoms with E-state index in [1.807, 2.05) is 38.1 Å². The Labute approximate surface area is 265 Å². The molecular formula is C34H36FN5O6. The number of benzene rings is 3. The van der Waals surface area contributed by atoms with Crippen LogP contribution < -0.4 is 25.5 Å². The predicted molar refractivity (Wildman–Crippen MR) is 171 cm³/mol. The first-order valence-electron chi connectivity index (χ1n) is 14.7. The van der Waals surface area contributed by atoms with Gasteiger partial charge in [0.05, 0.1) is 31.5 Å². The standard InChI is InChI=1S/C34H36FN5O6/c1-5-45-29-16-23(32-31(33(42)44-4)20(2)37-34(43)38-32)12-15-28(29)46-19-30(41)39-36-17-26-21(3)40(27-9-7-6-8-25(26)27)18-22-10-13-24(35)14-11-22/h6-17,30,32,39,41H,5,18-19H2,1-4H3,(H2,37,38,43)/b36-17+/t30-,32+/m0/s1. The molecule has 0 fully saturated rings. The number of carbonyl (C=O) groups excluding carboxylic acids is 2. The van der Waals surface area contributed by atoms with Crippen molar-refractivity contribution in [2.24, 2.45) is 5.10 Å². The molecule has 240 valence electrons. The fourth-order valence-corrected chi connectivity index (χ4v) is 5.41. The molecule has 1 aliphatic heterocycles. The summed E-state index contributed by atoms with van der Waals surface area (Å²) in [4.78, 5) is 24.7.